The number of hydrogen-bond acceptors (Lipinski definition) is 4. The van der Waals surface area contributed by atoms with E-state index in [1.54, 1.807) is 6.20 Å². The molecule has 4 aromatic rings. The fourth-order valence-corrected chi connectivity index (χ4v) is 3.68. The van der Waals surface area contributed by atoms with Crippen LogP contribution in [0.4, 0.5) is 0 Å². The molecule has 1 aliphatic heterocycles. The predicted molar refractivity (Wildman–Crippen MR) is 99.0 cm³/mol. The molecule has 1 fully saturated rings. The van der Waals surface area contributed by atoms with Crippen LogP contribution >= 0.6 is 0 Å². The molecule has 5 rings (SSSR count). The lowest BCUT2D eigenvalue weighted by Gasteiger charge is -2.22. The number of aromatic amines is 2. The fraction of sp³-hybridized carbons (Fsp3) is 0.316. The van der Waals surface area contributed by atoms with E-state index in [9.17, 15) is 4.79 Å². The number of rotatable bonds is 3. The van der Waals surface area contributed by atoms with Gasteiger partial charge in [-0.2, -0.15) is 5.10 Å². The summed E-state index contributed by atoms with van der Waals surface area (Å²) in [5.41, 5.74) is 4.43. The Bertz CT molecular complexity index is 1130. The van der Waals surface area contributed by atoms with Crippen LogP contribution in [0.3, 0.4) is 0 Å². The topological polar surface area (TPSA) is 88.6 Å². The Hall–Kier alpha value is -2.93. The van der Waals surface area contributed by atoms with Crippen LogP contribution in [-0.4, -0.2) is 37.9 Å². The minimum absolute atomic E-state index is 0.0959. The molecule has 1 saturated heterocycles. The molecule has 0 spiro atoms. The molecule has 4 heterocycles. The second-order valence-electron chi connectivity index (χ2n) is 6.86. The van der Waals surface area contributed by atoms with Gasteiger partial charge in [0.25, 0.3) is 0 Å². The Morgan fingerprint density at radius 3 is 2.92 bits per heavy atom. The van der Waals surface area contributed by atoms with Crippen LogP contribution in [-0.2, 0) is 11.3 Å². The molecule has 0 radical (unpaired) electrons. The van der Waals surface area contributed by atoms with Gasteiger partial charge < -0.3 is 4.74 Å². The summed E-state index contributed by atoms with van der Waals surface area (Å²) in [5, 5.41) is 8.08. The number of imidazole rings is 1. The second kappa shape index (κ2) is 6.10. The largest absolute Gasteiger partial charge is 0.381 e. The first kappa shape index (κ1) is 15.3. The normalized spacial score (nSPS) is 15.8. The molecule has 0 atom stereocenters. The van der Waals surface area contributed by atoms with Crippen LogP contribution in [0.5, 0.6) is 0 Å². The maximum absolute atomic E-state index is 12.4. The van der Waals surface area contributed by atoms with Crippen LogP contribution in [0, 0.1) is 5.92 Å². The molecule has 7 heteroatoms. The number of pyridine rings is 1. The quantitative estimate of drug-likeness (QED) is 0.595. The summed E-state index contributed by atoms with van der Waals surface area (Å²) in [4.78, 5) is 19.8. The highest BCUT2D eigenvalue weighted by Gasteiger charge is 2.18. The van der Waals surface area contributed by atoms with Gasteiger partial charge in [-0.1, -0.05) is 6.07 Å². The number of benzene rings is 1. The van der Waals surface area contributed by atoms with Gasteiger partial charge in [0.15, 0.2) is 5.65 Å². The fourth-order valence-electron chi connectivity index (χ4n) is 3.68. The lowest BCUT2D eigenvalue weighted by molar-refractivity contribution is 0.0613. The van der Waals surface area contributed by atoms with Crippen molar-refractivity contribution in [2.45, 2.75) is 19.4 Å². The molecule has 0 unspecified atom stereocenters. The Morgan fingerprint density at radius 1 is 1.15 bits per heavy atom. The molecule has 26 heavy (non-hydrogen) atoms. The van der Waals surface area contributed by atoms with E-state index in [0.29, 0.717) is 18.1 Å². The maximum Gasteiger partial charge on any atom is 0.327 e. The van der Waals surface area contributed by atoms with Crippen molar-refractivity contribution < 1.29 is 4.74 Å². The van der Waals surface area contributed by atoms with Crippen molar-refractivity contribution in [2.24, 2.45) is 5.92 Å². The lowest BCUT2D eigenvalue weighted by atomic mass is 10.0. The summed E-state index contributed by atoms with van der Waals surface area (Å²) in [6.45, 7) is 2.25. The second-order valence-corrected chi connectivity index (χ2v) is 6.86. The van der Waals surface area contributed by atoms with E-state index in [1.165, 1.54) is 0 Å². The Kier molecular flexibility index (Phi) is 3.60. The molecular formula is C19H19N5O2. The van der Waals surface area contributed by atoms with Gasteiger partial charge in [-0.15, -0.1) is 0 Å². The van der Waals surface area contributed by atoms with E-state index < -0.39 is 0 Å². The van der Waals surface area contributed by atoms with Crippen molar-refractivity contribution in [1.29, 1.82) is 0 Å². The van der Waals surface area contributed by atoms with E-state index in [1.807, 2.05) is 29.0 Å². The zero-order chi connectivity index (χ0) is 17.5. The summed E-state index contributed by atoms with van der Waals surface area (Å²) in [6.07, 6.45) is 5.59. The first-order valence-corrected chi connectivity index (χ1v) is 8.88. The highest BCUT2D eigenvalue weighted by atomic mass is 16.5. The Morgan fingerprint density at radius 2 is 2.04 bits per heavy atom. The summed E-state index contributed by atoms with van der Waals surface area (Å²) >= 11 is 0. The van der Waals surface area contributed by atoms with E-state index in [0.717, 1.165) is 53.6 Å². The standard InChI is InChI=1S/C19H19N5O2/c25-19-22-18-17(24(19)11-12-3-5-26-6-4-12)8-14(9-20-18)13-1-2-16-15(7-13)10-21-23-16/h1-2,7-10,12H,3-6,11H2,(H,21,23)(H,20,22,25). The van der Waals surface area contributed by atoms with Crippen molar-refractivity contribution in [2.75, 3.05) is 13.2 Å². The lowest BCUT2D eigenvalue weighted by Crippen LogP contribution is -2.25. The van der Waals surface area contributed by atoms with E-state index in [-0.39, 0.29) is 5.69 Å². The summed E-state index contributed by atoms with van der Waals surface area (Å²) in [6, 6.07) is 8.17. The maximum atomic E-state index is 12.4. The highest BCUT2D eigenvalue weighted by molar-refractivity contribution is 5.86. The number of aromatic nitrogens is 5. The van der Waals surface area contributed by atoms with Gasteiger partial charge in [-0.05, 0) is 42.5 Å². The molecule has 0 bridgehead atoms. The van der Waals surface area contributed by atoms with Crippen molar-refractivity contribution in [3.8, 4) is 11.1 Å². The minimum atomic E-state index is -0.0959. The number of nitrogens with one attached hydrogen (secondary N) is 2. The predicted octanol–water partition coefficient (Wildman–Crippen LogP) is 2.69. The molecule has 1 aliphatic rings. The summed E-state index contributed by atoms with van der Waals surface area (Å²) in [5.74, 6) is 0.464. The molecule has 3 aromatic heterocycles. The third-order valence-electron chi connectivity index (χ3n) is 5.18. The van der Waals surface area contributed by atoms with Gasteiger partial charge in [-0.25, -0.2) is 9.78 Å². The van der Waals surface area contributed by atoms with Crippen LogP contribution in [0.25, 0.3) is 33.2 Å². The van der Waals surface area contributed by atoms with Crippen molar-refractivity contribution in [3.63, 3.8) is 0 Å². The molecule has 2 N–H and O–H groups in total. The third kappa shape index (κ3) is 2.61. The molecule has 0 saturated carbocycles. The monoisotopic (exact) mass is 349 g/mol. The molecule has 7 nitrogen and oxygen atoms in total. The molecule has 1 aromatic carbocycles. The van der Waals surface area contributed by atoms with Crippen LogP contribution in [0.2, 0.25) is 0 Å². The van der Waals surface area contributed by atoms with Crippen LogP contribution < -0.4 is 5.69 Å². The Balaban J connectivity index is 1.57. The molecule has 0 aliphatic carbocycles. The number of nitrogens with zero attached hydrogens (tertiary/aromatic N) is 3. The van der Waals surface area contributed by atoms with Gasteiger partial charge in [0.1, 0.15) is 0 Å². The van der Waals surface area contributed by atoms with Gasteiger partial charge >= 0.3 is 5.69 Å². The van der Waals surface area contributed by atoms with Crippen molar-refractivity contribution in [3.05, 3.63) is 47.1 Å². The van der Waals surface area contributed by atoms with E-state index in [4.69, 9.17) is 4.74 Å². The number of H-pyrrole nitrogens is 2. The third-order valence-corrected chi connectivity index (χ3v) is 5.18. The number of ether oxygens (including phenoxy) is 1. The van der Waals surface area contributed by atoms with Gasteiger partial charge in [0.05, 0.1) is 17.2 Å². The Labute approximate surface area is 149 Å². The SMILES string of the molecule is O=c1[nH]c2ncc(-c3ccc4[nH]ncc4c3)cc2n1CC1CCOCC1. The highest BCUT2D eigenvalue weighted by Crippen LogP contribution is 2.26. The zero-order valence-electron chi connectivity index (χ0n) is 14.2. The summed E-state index contributed by atoms with van der Waals surface area (Å²) < 4.78 is 7.24. The van der Waals surface area contributed by atoms with Crippen molar-refractivity contribution >= 4 is 22.1 Å². The molecular weight excluding hydrogens is 330 g/mol. The first-order valence-electron chi connectivity index (χ1n) is 8.88. The molecule has 132 valence electrons. The smallest absolute Gasteiger partial charge is 0.327 e. The van der Waals surface area contributed by atoms with Gasteiger partial charge in [0, 0.05) is 36.9 Å². The number of hydrogen-bond donors (Lipinski definition) is 2. The summed E-state index contributed by atoms with van der Waals surface area (Å²) in [7, 11) is 0. The average Bonchev–Trinajstić information content (AvgIpc) is 3.26. The van der Waals surface area contributed by atoms with Crippen LogP contribution in [0.15, 0.2) is 41.5 Å². The number of fused-ring (bicyclic) bond motifs is 2. The van der Waals surface area contributed by atoms with Gasteiger partial charge in [0.2, 0.25) is 0 Å². The van der Waals surface area contributed by atoms with E-state index in [2.05, 4.69) is 26.2 Å². The average molecular weight is 349 g/mol. The minimum Gasteiger partial charge on any atom is -0.381 e. The van der Waals surface area contributed by atoms with Crippen LogP contribution in [0.1, 0.15) is 12.8 Å². The van der Waals surface area contributed by atoms with E-state index >= 15 is 0 Å². The molecule has 0 amide bonds. The zero-order valence-corrected chi connectivity index (χ0v) is 14.2. The van der Waals surface area contributed by atoms with Crippen molar-refractivity contribution in [1.82, 2.24) is 24.7 Å². The first-order chi connectivity index (χ1) is 12.8. The van der Waals surface area contributed by atoms with Gasteiger partial charge in [-0.3, -0.25) is 14.6 Å².